The molecular formula is C23H25F2N3O3S2. The van der Waals surface area contributed by atoms with Gasteiger partial charge in [0.25, 0.3) is 11.3 Å². The molecule has 2 aromatic carbocycles. The van der Waals surface area contributed by atoms with Gasteiger partial charge in [0, 0.05) is 18.0 Å². The van der Waals surface area contributed by atoms with Crippen LogP contribution in [0.2, 0.25) is 0 Å². The van der Waals surface area contributed by atoms with Crippen LogP contribution in [0.5, 0.6) is 0 Å². The van der Waals surface area contributed by atoms with Gasteiger partial charge in [-0.15, -0.1) is 0 Å². The molecule has 6 nitrogen and oxygen atoms in total. The Morgan fingerprint density at radius 3 is 2.64 bits per heavy atom. The number of alkyl halides is 2. The Bertz CT molecular complexity index is 1160. The van der Waals surface area contributed by atoms with Gasteiger partial charge in [0.1, 0.15) is 0 Å². The SMILES string of the molecule is CC(C)OCCCn1c(SCC(=O)Nc2ccccc2SC(F)F)nc2ccccc2c1=O. The second kappa shape index (κ2) is 12.2. The largest absolute Gasteiger partial charge is 0.379 e. The molecule has 0 spiro atoms. The van der Waals surface area contributed by atoms with Crippen LogP contribution in [-0.2, 0) is 16.1 Å². The van der Waals surface area contributed by atoms with Crippen LogP contribution < -0.4 is 10.9 Å². The van der Waals surface area contributed by atoms with Crippen molar-refractivity contribution in [3.8, 4) is 0 Å². The summed E-state index contributed by atoms with van der Waals surface area (Å²) >= 11 is 1.51. The number of nitrogens with zero attached hydrogens (tertiary/aromatic N) is 2. The van der Waals surface area contributed by atoms with E-state index in [1.54, 1.807) is 47.0 Å². The molecule has 0 fully saturated rings. The van der Waals surface area contributed by atoms with Gasteiger partial charge in [0.2, 0.25) is 5.91 Å². The number of ether oxygens (including phenoxy) is 1. The van der Waals surface area contributed by atoms with Gasteiger partial charge in [-0.25, -0.2) is 4.98 Å². The van der Waals surface area contributed by atoms with Crippen molar-refractivity contribution < 1.29 is 18.3 Å². The highest BCUT2D eigenvalue weighted by molar-refractivity contribution is 8.00. The van der Waals surface area contributed by atoms with Crippen molar-refractivity contribution in [2.24, 2.45) is 0 Å². The van der Waals surface area contributed by atoms with Crippen LogP contribution in [0.1, 0.15) is 20.3 Å². The minimum absolute atomic E-state index is 0.0268. The molecule has 0 atom stereocenters. The number of rotatable bonds is 11. The van der Waals surface area contributed by atoms with Crippen LogP contribution in [0.25, 0.3) is 10.9 Å². The van der Waals surface area contributed by atoms with Gasteiger partial charge in [-0.1, -0.05) is 47.8 Å². The minimum atomic E-state index is -2.59. The first kappa shape index (κ1) is 25.2. The molecule has 0 aliphatic heterocycles. The average Bonchev–Trinajstić information content (AvgIpc) is 2.77. The fourth-order valence-corrected chi connectivity index (χ4v) is 4.50. The molecule has 1 N–H and O–H groups in total. The first-order valence-electron chi connectivity index (χ1n) is 10.4. The molecule has 3 aromatic rings. The van der Waals surface area contributed by atoms with Crippen molar-refractivity contribution in [2.45, 2.75) is 48.7 Å². The lowest BCUT2D eigenvalue weighted by atomic mass is 10.2. The number of fused-ring (bicyclic) bond motifs is 1. The first-order valence-corrected chi connectivity index (χ1v) is 12.3. The molecule has 10 heteroatoms. The number of thioether (sulfide) groups is 2. The summed E-state index contributed by atoms with van der Waals surface area (Å²) in [6, 6.07) is 13.5. The summed E-state index contributed by atoms with van der Waals surface area (Å²) in [5, 5.41) is 3.61. The third-order valence-corrected chi connectivity index (χ3v) is 6.28. The molecule has 0 aliphatic carbocycles. The van der Waals surface area contributed by atoms with Gasteiger partial charge in [0.15, 0.2) is 5.16 Å². The van der Waals surface area contributed by atoms with Gasteiger partial charge in [-0.2, -0.15) is 8.78 Å². The fourth-order valence-electron chi connectivity index (χ4n) is 3.08. The van der Waals surface area contributed by atoms with Gasteiger partial charge in [-0.05, 0) is 44.5 Å². The summed E-state index contributed by atoms with van der Waals surface area (Å²) < 4.78 is 32.7. The second-order valence-corrected chi connectivity index (χ2v) is 9.33. The van der Waals surface area contributed by atoms with E-state index < -0.39 is 5.76 Å². The molecule has 1 heterocycles. The number of amides is 1. The maximum Gasteiger partial charge on any atom is 0.288 e. The van der Waals surface area contributed by atoms with Crippen molar-refractivity contribution in [3.63, 3.8) is 0 Å². The molecule has 0 unspecified atom stereocenters. The monoisotopic (exact) mass is 493 g/mol. The van der Waals surface area contributed by atoms with Gasteiger partial charge >= 0.3 is 0 Å². The van der Waals surface area contributed by atoms with Crippen LogP contribution in [0.3, 0.4) is 0 Å². The van der Waals surface area contributed by atoms with E-state index in [0.717, 1.165) is 11.8 Å². The molecule has 1 amide bonds. The Hall–Kier alpha value is -2.43. The van der Waals surface area contributed by atoms with E-state index in [4.69, 9.17) is 4.74 Å². The zero-order valence-corrected chi connectivity index (χ0v) is 19.9. The predicted molar refractivity (Wildman–Crippen MR) is 129 cm³/mol. The Morgan fingerprint density at radius 1 is 1.15 bits per heavy atom. The number of nitrogens with one attached hydrogen (secondary N) is 1. The summed E-state index contributed by atoms with van der Waals surface area (Å²) in [4.78, 5) is 30.5. The van der Waals surface area contributed by atoms with Crippen molar-refractivity contribution in [1.82, 2.24) is 9.55 Å². The fraction of sp³-hybridized carbons (Fsp3) is 0.348. The molecule has 0 saturated heterocycles. The summed E-state index contributed by atoms with van der Waals surface area (Å²) in [7, 11) is 0. The van der Waals surface area contributed by atoms with Crippen molar-refractivity contribution >= 4 is 46.0 Å². The Morgan fingerprint density at radius 2 is 1.88 bits per heavy atom. The van der Waals surface area contributed by atoms with Crippen LogP contribution >= 0.6 is 23.5 Å². The number of carbonyl (C=O) groups excluding carboxylic acids is 1. The zero-order valence-electron chi connectivity index (χ0n) is 18.3. The average molecular weight is 494 g/mol. The number of anilines is 1. The van der Waals surface area contributed by atoms with E-state index in [9.17, 15) is 18.4 Å². The first-order chi connectivity index (χ1) is 15.8. The Balaban J connectivity index is 1.75. The van der Waals surface area contributed by atoms with Crippen LogP contribution in [0, 0.1) is 0 Å². The Labute approximate surface area is 199 Å². The van der Waals surface area contributed by atoms with Crippen LogP contribution in [-0.4, -0.2) is 39.7 Å². The zero-order chi connectivity index (χ0) is 23.8. The third kappa shape index (κ3) is 7.28. The summed E-state index contributed by atoms with van der Waals surface area (Å²) in [6.07, 6.45) is 0.718. The smallest absolute Gasteiger partial charge is 0.288 e. The maximum atomic E-state index is 13.1. The molecule has 0 bridgehead atoms. The number of aromatic nitrogens is 2. The van der Waals surface area contributed by atoms with Gasteiger partial charge in [-0.3, -0.25) is 14.2 Å². The lowest BCUT2D eigenvalue weighted by molar-refractivity contribution is -0.113. The lowest BCUT2D eigenvalue weighted by Crippen LogP contribution is -2.25. The van der Waals surface area contributed by atoms with E-state index in [-0.39, 0.29) is 28.2 Å². The Kier molecular flexibility index (Phi) is 9.28. The van der Waals surface area contributed by atoms with E-state index in [1.807, 2.05) is 13.8 Å². The standard InChI is InChI=1S/C23H25F2N3O3S2/c1-15(2)31-13-7-12-28-21(30)16-8-3-4-9-17(16)27-23(28)32-14-20(29)26-18-10-5-6-11-19(18)33-22(24)25/h3-6,8-11,15,22H,7,12-14H2,1-2H3,(H,26,29). The van der Waals surface area contributed by atoms with Crippen molar-refractivity contribution in [3.05, 3.63) is 58.9 Å². The predicted octanol–water partition coefficient (Wildman–Crippen LogP) is 5.26. The molecule has 3 rings (SSSR count). The molecule has 33 heavy (non-hydrogen) atoms. The number of hydrogen-bond acceptors (Lipinski definition) is 6. The summed E-state index contributed by atoms with van der Waals surface area (Å²) in [5.41, 5.74) is 0.702. The van der Waals surface area contributed by atoms with Crippen LogP contribution in [0.15, 0.2) is 63.4 Å². The second-order valence-electron chi connectivity index (χ2n) is 7.35. The van der Waals surface area contributed by atoms with E-state index in [1.165, 1.54) is 6.07 Å². The lowest BCUT2D eigenvalue weighted by Gasteiger charge is -2.14. The normalized spacial score (nSPS) is 11.5. The topological polar surface area (TPSA) is 73.2 Å². The number of carbonyl (C=O) groups is 1. The van der Waals surface area contributed by atoms with Crippen molar-refractivity contribution in [1.29, 1.82) is 0 Å². The number of hydrogen-bond donors (Lipinski definition) is 1. The maximum absolute atomic E-state index is 13.1. The number of para-hydroxylation sites is 2. The molecule has 0 aliphatic rings. The highest BCUT2D eigenvalue weighted by Crippen LogP contribution is 2.31. The number of halogens is 2. The molecule has 0 saturated carbocycles. The summed E-state index contributed by atoms with van der Waals surface area (Å²) in [5.74, 6) is -2.99. The van der Waals surface area contributed by atoms with E-state index >= 15 is 0 Å². The minimum Gasteiger partial charge on any atom is -0.379 e. The van der Waals surface area contributed by atoms with Gasteiger partial charge in [0.05, 0.1) is 28.4 Å². The van der Waals surface area contributed by atoms with Crippen LogP contribution in [0.4, 0.5) is 14.5 Å². The number of benzene rings is 2. The quantitative estimate of drug-likeness (QED) is 0.223. The molecular weight excluding hydrogens is 468 g/mol. The van der Waals surface area contributed by atoms with Crippen molar-refractivity contribution in [2.75, 3.05) is 17.7 Å². The highest BCUT2D eigenvalue weighted by Gasteiger charge is 2.15. The molecule has 0 radical (unpaired) electrons. The molecule has 176 valence electrons. The highest BCUT2D eigenvalue weighted by atomic mass is 32.2. The molecule has 1 aromatic heterocycles. The van der Waals surface area contributed by atoms with E-state index in [0.29, 0.717) is 53.1 Å². The van der Waals surface area contributed by atoms with Gasteiger partial charge < -0.3 is 10.1 Å². The van der Waals surface area contributed by atoms with E-state index in [2.05, 4.69) is 10.3 Å². The summed E-state index contributed by atoms with van der Waals surface area (Å²) in [6.45, 7) is 4.80. The third-order valence-electron chi connectivity index (χ3n) is 4.51.